The van der Waals surface area contributed by atoms with Gasteiger partial charge in [0.2, 0.25) is 0 Å². The average Bonchev–Trinajstić information content (AvgIpc) is 2.93. The molecule has 0 atom stereocenters. The van der Waals surface area contributed by atoms with Crippen LogP contribution < -0.4 is 10.6 Å². The minimum absolute atomic E-state index is 0.413. The Morgan fingerprint density at radius 3 is 2.56 bits per heavy atom. The summed E-state index contributed by atoms with van der Waals surface area (Å²) >= 11 is 27.1. The molecule has 0 unspecified atom stereocenters. The lowest BCUT2D eigenvalue weighted by Crippen LogP contribution is -2.20. The van der Waals surface area contributed by atoms with E-state index in [1.165, 1.54) is 0 Å². The second kappa shape index (κ2) is 8.80. The van der Waals surface area contributed by atoms with Crippen LogP contribution in [0.25, 0.3) is 0 Å². The van der Waals surface area contributed by atoms with E-state index in [1.54, 1.807) is 16.8 Å². The van der Waals surface area contributed by atoms with Gasteiger partial charge in [-0.25, -0.2) is 0 Å². The van der Waals surface area contributed by atoms with Gasteiger partial charge in [-0.1, -0.05) is 46.9 Å². The lowest BCUT2D eigenvalue weighted by Gasteiger charge is -2.11. The number of nitrogens with zero attached hydrogens (tertiary/aromatic N) is 2. The Bertz CT molecular complexity index is 1010. The Hall–Kier alpha value is -1.31. The second-order valence-electron chi connectivity index (χ2n) is 5.80. The Morgan fingerprint density at radius 2 is 1.81 bits per heavy atom. The summed E-state index contributed by atoms with van der Waals surface area (Å²) in [5.74, 6) is 0.595. The SMILES string of the molecule is Cc1ccc(Cl)cc1NC(=S)Nc1nn(Cc2ccc(Cl)cc2Cl)cc1Br. The van der Waals surface area contributed by atoms with E-state index in [0.29, 0.717) is 32.5 Å². The molecule has 27 heavy (non-hydrogen) atoms. The number of anilines is 2. The molecule has 0 aliphatic carbocycles. The van der Waals surface area contributed by atoms with Gasteiger partial charge in [0.1, 0.15) is 0 Å². The van der Waals surface area contributed by atoms with Crippen molar-refractivity contribution in [1.29, 1.82) is 0 Å². The molecule has 0 radical (unpaired) electrons. The number of thiocarbonyl (C=S) groups is 1. The van der Waals surface area contributed by atoms with Crippen LogP contribution in [0.3, 0.4) is 0 Å². The highest BCUT2D eigenvalue weighted by molar-refractivity contribution is 9.10. The quantitative estimate of drug-likeness (QED) is 0.385. The summed E-state index contributed by atoms with van der Waals surface area (Å²) in [5, 5.41) is 13.0. The van der Waals surface area contributed by atoms with Crippen molar-refractivity contribution < 1.29 is 0 Å². The highest BCUT2D eigenvalue weighted by atomic mass is 79.9. The van der Waals surface area contributed by atoms with Crippen LogP contribution in [0.4, 0.5) is 11.5 Å². The summed E-state index contributed by atoms with van der Waals surface area (Å²) in [5.41, 5.74) is 2.78. The van der Waals surface area contributed by atoms with Crippen LogP contribution in [0.15, 0.2) is 47.1 Å². The first-order valence-electron chi connectivity index (χ1n) is 7.83. The number of halogens is 4. The monoisotopic (exact) mass is 502 g/mol. The standard InChI is InChI=1S/C18H14BrCl3N4S/c1-10-2-4-13(21)7-16(10)23-18(27)24-17-14(19)9-26(25-17)8-11-3-5-12(20)6-15(11)22/h2-7,9H,8H2,1H3,(H2,23,24,25,27). The van der Waals surface area contributed by atoms with Gasteiger partial charge in [-0.3, -0.25) is 4.68 Å². The number of nitrogens with one attached hydrogen (secondary N) is 2. The van der Waals surface area contributed by atoms with Gasteiger partial charge in [0, 0.05) is 27.0 Å². The zero-order valence-corrected chi connectivity index (χ0v) is 18.7. The van der Waals surface area contributed by atoms with Crippen LogP contribution in [-0.4, -0.2) is 14.9 Å². The Morgan fingerprint density at radius 1 is 1.11 bits per heavy atom. The van der Waals surface area contributed by atoms with Gasteiger partial charge in [-0.05, 0) is 70.5 Å². The summed E-state index contributed by atoms with van der Waals surface area (Å²) in [6.45, 7) is 2.48. The molecular formula is C18H14BrCl3N4S. The highest BCUT2D eigenvalue weighted by Gasteiger charge is 2.11. The lowest BCUT2D eigenvalue weighted by atomic mass is 10.2. The number of benzene rings is 2. The molecule has 0 saturated heterocycles. The largest absolute Gasteiger partial charge is 0.332 e. The van der Waals surface area contributed by atoms with Crippen molar-refractivity contribution in [2.45, 2.75) is 13.5 Å². The van der Waals surface area contributed by atoms with Crippen molar-refractivity contribution in [2.24, 2.45) is 0 Å². The van der Waals surface area contributed by atoms with Gasteiger partial charge < -0.3 is 10.6 Å². The van der Waals surface area contributed by atoms with Crippen molar-refractivity contribution in [3.05, 3.63) is 73.3 Å². The molecular weight excluding hydrogens is 491 g/mol. The van der Waals surface area contributed by atoms with Crippen LogP contribution in [0.5, 0.6) is 0 Å². The van der Waals surface area contributed by atoms with Crippen LogP contribution in [0.2, 0.25) is 15.1 Å². The molecule has 2 N–H and O–H groups in total. The van der Waals surface area contributed by atoms with Crippen molar-refractivity contribution in [3.63, 3.8) is 0 Å². The van der Waals surface area contributed by atoms with E-state index >= 15 is 0 Å². The van der Waals surface area contributed by atoms with Crippen molar-refractivity contribution in [3.8, 4) is 0 Å². The third-order valence-electron chi connectivity index (χ3n) is 3.74. The first kappa shape index (κ1) is 20.4. The second-order valence-corrected chi connectivity index (χ2v) is 8.34. The molecule has 0 fully saturated rings. The summed E-state index contributed by atoms with van der Waals surface area (Å²) in [7, 11) is 0. The first-order valence-corrected chi connectivity index (χ1v) is 10.2. The van der Waals surface area contributed by atoms with Crippen LogP contribution >= 0.6 is 63.0 Å². The van der Waals surface area contributed by atoms with Crippen molar-refractivity contribution in [1.82, 2.24) is 9.78 Å². The molecule has 9 heteroatoms. The normalized spacial score (nSPS) is 10.7. The van der Waals surface area contributed by atoms with E-state index in [1.807, 2.05) is 37.4 Å². The topological polar surface area (TPSA) is 41.9 Å². The summed E-state index contributed by atoms with van der Waals surface area (Å²) in [4.78, 5) is 0. The van der Waals surface area contributed by atoms with Gasteiger partial charge in [-0.2, -0.15) is 5.10 Å². The number of hydrogen-bond acceptors (Lipinski definition) is 2. The average molecular weight is 505 g/mol. The van der Waals surface area contributed by atoms with Gasteiger partial charge in [0.05, 0.1) is 11.0 Å². The summed E-state index contributed by atoms with van der Waals surface area (Å²) in [6.07, 6.45) is 1.85. The fourth-order valence-electron chi connectivity index (χ4n) is 2.38. The number of rotatable bonds is 4. The molecule has 0 aliphatic heterocycles. The van der Waals surface area contributed by atoms with E-state index in [0.717, 1.165) is 21.3 Å². The first-order chi connectivity index (χ1) is 12.8. The molecule has 1 aromatic heterocycles. The fourth-order valence-corrected chi connectivity index (χ4v) is 3.64. The van der Waals surface area contributed by atoms with E-state index < -0.39 is 0 Å². The molecule has 140 valence electrons. The predicted octanol–water partition coefficient (Wildman–Crippen LogP) is 6.77. The van der Waals surface area contributed by atoms with E-state index in [4.69, 9.17) is 47.0 Å². The van der Waals surface area contributed by atoms with E-state index in [2.05, 4.69) is 31.7 Å². The smallest absolute Gasteiger partial charge is 0.176 e. The van der Waals surface area contributed by atoms with E-state index in [9.17, 15) is 0 Å². The van der Waals surface area contributed by atoms with Crippen molar-refractivity contribution in [2.75, 3.05) is 10.6 Å². The Labute approximate surface area is 185 Å². The molecule has 0 aliphatic rings. The number of aryl methyl sites for hydroxylation is 1. The minimum atomic E-state index is 0.413. The van der Waals surface area contributed by atoms with Crippen LogP contribution in [-0.2, 0) is 6.54 Å². The Balaban J connectivity index is 1.70. The molecule has 0 bridgehead atoms. The molecule has 1 heterocycles. The summed E-state index contributed by atoms with van der Waals surface area (Å²) in [6, 6.07) is 11.0. The zero-order chi connectivity index (χ0) is 19.6. The van der Waals surface area contributed by atoms with Gasteiger partial charge in [0.15, 0.2) is 10.9 Å². The van der Waals surface area contributed by atoms with Gasteiger partial charge in [-0.15, -0.1) is 0 Å². The number of aromatic nitrogens is 2. The molecule has 0 saturated carbocycles. The maximum Gasteiger partial charge on any atom is 0.176 e. The fraction of sp³-hybridized carbons (Fsp3) is 0.111. The maximum atomic E-state index is 6.23. The predicted molar refractivity (Wildman–Crippen MR) is 122 cm³/mol. The molecule has 3 aromatic rings. The zero-order valence-electron chi connectivity index (χ0n) is 14.1. The molecule has 3 rings (SSSR count). The summed E-state index contributed by atoms with van der Waals surface area (Å²) < 4.78 is 2.54. The molecule has 2 aromatic carbocycles. The molecule has 0 spiro atoms. The van der Waals surface area contributed by atoms with Crippen LogP contribution in [0.1, 0.15) is 11.1 Å². The third-order valence-corrected chi connectivity index (χ3v) is 5.35. The van der Waals surface area contributed by atoms with Crippen molar-refractivity contribution >= 4 is 79.6 Å². The third kappa shape index (κ3) is 5.36. The Kier molecular flexibility index (Phi) is 6.65. The van der Waals surface area contributed by atoms with Crippen LogP contribution in [0, 0.1) is 6.92 Å². The lowest BCUT2D eigenvalue weighted by molar-refractivity contribution is 0.690. The van der Waals surface area contributed by atoms with Gasteiger partial charge in [0.25, 0.3) is 0 Å². The minimum Gasteiger partial charge on any atom is -0.332 e. The maximum absolute atomic E-state index is 6.23. The molecule has 4 nitrogen and oxygen atoms in total. The number of hydrogen-bond donors (Lipinski definition) is 2. The van der Waals surface area contributed by atoms with E-state index in [-0.39, 0.29) is 0 Å². The molecule has 0 amide bonds. The van der Waals surface area contributed by atoms with Gasteiger partial charge >= 0.3 is 0 Å². The highest BCUT2D eigenvalue weighted by Crippen LogP contribution is 2.25.